The summed E-state index contributed by atoms with van der Waals surface area (Å²) in [6, 6.07) is 0. The molecule has 0 heterocycles. The molecule has 9 heavy (non-hydrogen) atoms. The highest BCUT2D eigenvalue weighted by atomic mass is 32.1. The first-order chi connectivity index (χ1) is 4.33. The van der Waals surface area contributed by atoms with Crippen molar-refractivity contribution in [1.29, 1.82) is 0 Å². The van der Waals surface area contributed by atoms with Crippen LogP contribution in [0, 0.1) is 0 Å². The molecule has 0 nitrogen and oxygen atoms in total. The Kier molecular flexibility index (Phi) is 2.40. The largest absolute Gasteiger partial charge is 0.175 e. The molecule has 0 saturated carbocycles. The summed E-state index contributed by atoms with van der Waals surface area (Å²) in [7, 11) is 0. The van der Waals surface area contributed by atoms with Crippen LogP contribution in [0.3, 0.4) is 0 Å². The van der Waals surface area contributed by atoms with E-state index in [1.165, 1.54) is 24.0 Å². The van der Waals surface area contributed by atoms with Gasteiger partial charge in [-0.3, -0.25) is 0 Å². The maximum absolute atomic E-state index is 4.21. The average molecular weight is 140 g/mol. The van der Waals surface area contributed by atoms with Crippen LogP contribution >= 0.6 is 12.6 Å². The fourth-order valence-electron chi connectivity index (χ4n) is 1.06. The lowest BCUT2D eigenvalue weighted by Gasteiger charge is -2.07. The van der Waals surface area contributed by atoms with Gasteiger partial charge in [-0.05, 0) is 19.8 Å². The summed E-state index contributed by atoms with van der Waals surface area (Å²) in [5.41, 5.74) is 2.86. The van der Waals surface area contributed by atoms with E-state index in [9.17, 15) is 0 Å². The quantitative estimate of drug-likeness (QED) is 0.532. The molecule has 0 atom stereocenters. The average Bonchev–Trinajstić information content (AvgIpc) is 1.88. The molecular weight excluding hydrogens is 128 g/mol. The summed E-state index contributed by atoms with van der Waals surface area (Å²) < 4.78 is 0. The van der Waals surface area contributed by atoms with Gasteiger partial charge in [-0.15, -0.1) is 0 Å². The Hall–Kier alpha value is -0.170. The zero-order chi connectivity index (χ0) is 6.69. The van der Waals surface area contributed by atoms with Crippen molar-refractivity contribution >= 4 is 12.6 Å². The molecule has 0 spiro atoms. The van der Waals surface area contributed by atoms with Crippen LogP contribution in [0.25, 0.3) is 0 Å². The fourth-order valence-corrected chi connectivity index (χ4v) is 1.31. The maximum atomic E-state index is 4.21. The maximum Gasteiger partial charge on any atom is 0.0116 e. The van der Waals surface area contributed by atoms with Crippen molar-refractivity contribution in [2.45, 2.75) is 19.8 Å². The van der Waals surface area contributed by atoms with Gasteiger partial charge in [0, 0.05) is 5.75 Å². The zero-order valence-electron chi connectivity index (χ0n) is 5.72. The van der Waals surface area contributed by atoms with Crippen molar-refractivity contribution in [3.8, 4) is 0 Å². The third kappa shape index (κ3) is 1.90. The van der Waals surface area contributed by atoms with E-state index in [-0.39, 0.29) is 0 Å². The minimum absolute atomic E-state index is 0.922. The van der Waals surface area contributed by atoms with Gasteiger partial charge < -0.3 is 0 Å². The lowest BCUT2D eigenvalue weighted by Crippen LogP contribution is -1.90. The Morgan fingerprint density at radius 1 is 1.67 bits per heavy atom. The molecule has 1 aliphatic carbocycles. The fraction of sp³-hybridized carbons (Fsp3) is 0.500. The SMILES string of the molecule is CC1=CCCC(CS)=C1. The van der Waals surface area contributed by atoms with Gasteiger partial charge in [0.1, 0.15) is 0 Å². The second-order valence-corrected chi connectivity index (χ2v) is 2.76. The van der Waals surface area contributed by atoms with Crippen LogP contribution in [0.2, 0.25) is 0 Å². The molecule has 0 unspecified atom stereocenters. The molecular formula is C8H12S. The van der Waals surface area contributed by atoms with Gasteiger partial charge in [-0.25, -0.2) is 0 Å². The van der Waals surface area contributed by atoms with E-state index in [0.29, 0.717) is 0 Å². The Morgan fingerprint density at radius 3 is 2.89 bits per heavy atom. The molecule has 50 valence electrons. The first-order valence-corrected chi connectivity index (χ1v) is 3.93. The Balaban J connectivity index is 2.63. The number of hydrogen-bond acceptors (Lipinski definition) is 1. The highest BCUT2D eigenvalue weighted by Gasteiger charge is 1.98. The van der Waals surface area contributed by atoms with Gasteiger partial charge in [0.2, 0.25) is 0 Å². The summed E-state index contributed by atoms with van der Waals surface area (Å²) in [6.45, 7) is 2.14. The smallest absolute Gasteiger partial charge is 0.0116 e. The second-order valence-electron chi connectivity index (χ2n) is 2.45. The molecule has 0 N–H and O–H groups in total. The molecule has 0 fully saturated rings. The van der Waals surface area contributed by atoms with Crippen LogP contribution in [0.15, 0.2) is 23.3 Å². The van der Waals surface area contributed by atoms with Gasteiger partial charge in [-0.2, -0.15) is 12.6 Å². The van der Waals surface area contributed by atoms with Crippen molar-refractivity contribution in [2.24, 2.45) is 0 Å². The van der Waals surface area contributed by atoms with Crippen LogP contribution in [0.4, 0.5) is 0 Å². The number of hydrogen-bond donors (Lipinski definition) is 1. The topological polar surface area (TPSA) is 0 Å². The van der Waals surface area contributed by atoms with Gasteiger partial charge in [0.05, 0.1) is 0 Å². The minimum atomic E-state index is 0.922. The molecule has 0 aromatic carbocycles. The van der Waals surface area contributed by atoms with E-state index in [2.05, 4.69) is 31.7 Å². The van der Waals surface area contributed by atoms with Crippen LogP contribution in [-0.4, -0.2) is 5.75 Å². The Labute approximate surface area is 62.1 Å². The standard InChI is InChI=1S/C8H12S/c1-7-3-2-4-8(5-7)6-9/h3,5,9H,2,4,6H2,1H3. The van der Waals surface area contributed by atoms with Gasteiger partial charge in [-0.1, -0.05) is 23.3 Å². The predicted octanol–water partition coefficient (Wildman–Crippen LogP) is 2.58. The van der Waals surface area contributed by atoms with Crippen molar-refractivity contribution in [2.75, 3.05) is 5.75 Å². The molecule has 1 heteroatoms. The van der Waals surface area contributed by atoms with Crippen LogP contribution in [0.1, 0.15) is 19.8 Å². The summed E-state index contributed by atoms with van der Waals surface area (Å²) in [5.74, 6) is 0.922. The molecule has 0 aromatic heterocycles. The molecule has 0 aliphatic heterocycles. The molecule has 0 saturated heterocycles. The third-order valence-corrected chi connectivity index (χ3v) is 1.97. The normalized spacial score (nSPS) is 18.9. The van der Waals surface area contributed by atoms with Crippen molar-refractivity contribution < 1.29 is 0 Å². The number of rotatable bonds is 1. The van der Waals surface area contributed by atoms with Crippen LogP contribution in [0.5, 0.6) is 0 Å². The van der Waals surface area contributed by atoms with E-state index in [4.69, 9.17) is 0 Å². The van der Waals surface area contributed by atoms with E-state index in [1.54, 1.807) is 0 Å². The monoisotopic (exact) mass is 140 g/mol. The molecule has 0 radical (unpaired) electrons. The molecule has 0 amide bonds. The first-order valence-electron chi connectivity index (χ1n) is 3.30. The van der Waals surface area contributed by atoms with Gasteiger partial charge >= 0.3 is 0 Å². The van der Waals surface area contributed by atoms with Crippen molar-refractivity contribution in [1.82, 2.24) is 0 Å². The highest BCUT2D eigenvalue weighted by molar-refractivity contribution is 7.80. The summed E-state index contributed by atoms with van der Waals surface area (Å²) >= 11 is 4.21. The van der Waals surface area contributed by atoms with E-state index < -0.39 is 0 Å². The third-order valence-electron chi connectivity index (χ3n) is 1.57. The summed E-state index contributed by atoms with van der Waals surface area (Å²) in [5, 5.41) is 0. The second kappa shape index (κ2) is 3.11. The van der Waals surface area contributed by atoms with E-state index >= 15 is 0 Å². The lowest BCUT2D eigenvalue weighted by molar-refractivity contribution is 0.951. The van der Waals surface area contributed by atoms with Crippen molar-refractivity contribution in [3.05, 3.63) is 23.3 Å². The van der Waals surface area contributed by atoms with Gasteiger partial charge in [0.15, 0.2) is 0 Å². The van der Waals surface area contributed by atoms with Gasteiger partial charge in [0.25, 0.3) is 0 Å². The number of allylic oxidation sites excluding steroid dienone is 3. The Bertz CT molecular complexity index is 154. The molecule has 1 rings (SSSR count). The van der Waals surface area contributed by atoms with E-state index in [1.807, 2.05) is 0 Å². The molecule has 1 aliphatic rings. The van der Waals surface area contributed by atoms with E-state index in [0.717, 1.165) is 5.75 Å². The highest BCUT2D eigenvalue weighted by Crippen LogP contribution is 2.16. The minimum Gasteiger partial charge on any atom is -0.175 e. The van der Waals surface area contributed by atoms with Crippen LogP contribution < -0.4 is 0 Å². The number of thiol groups is 1. The molecule has 0 bridgehead atoms. The van der Waals surface area contributed by atoms with Crippen LogP contribution in [-0.2, 0) is 0 Å². The first kappa shape index (κ1) is 6.94. The summed E-state index contributed by atoms with van der Waals surface area (Å²) in [4.78, 5) is 0. The molecule has 0 aromatic rings. The Morgan fingerprint density at radius 2 is 2.44 bits per heavy atom. The predicted molar refractivity (Wildman–Crippen MR) is 44.9 cm³/mol. The lowest BCUT2D eigenvalue weighted by atomic mass is 10.0. The zero-order valence-corrected chi connectivity index (χ0v) is 6.62. The summed E-state index contributed by atoms with van der Waals surface area (Å²) in [6.07, 6.45) is 6.92. The van der Waals surface area contributed by atoms with Crippen molar-refractivity contribution in [3.63, 3.8) is 0 Å².